The smallest absolute Gasteiger partial charge is 0.0613 e. The minimum Gasteiger partial charge on any atom is -0.378 e. The zero-order valence-corrected chi connectivity index (χ0v) is 13.6. The molecular formula is C17H32N2O. The summed E-state index contributed by atoms with van der Waals surface area (Å²) in [5.41, 5.74) is 0. The Morgan fingerprint density at radius 3 is 2.80 bits per heavy atom. The first kappa shape index (κ1) is 14.8. The lowest BCUT2D eigenvalue weighted by atomic mass is 9.93. The standard InChI is InChI=1S/C17H32N2O/c1-4-17-14(7-9-20-17)10-19-11-15-6-5-8-18(15)12-16(19)13(2)3/h13-17H,4-12H2,1-3H3. The summed E-state index contributed by atoms with van der Waals surface area (Å²) in [7, 11) is 0. The molecule has 0 aromatic rings. The molecule has 3 heteroatoms. The molecule has 3 aliphatic heterocycles. The summed E-state index contributed by atoms with van der Waals surface area (Å²) in [6.07, 6.45) is 5.80. The average Bonchev–Trinajstić information content (AvgIpc) is 3.05. The molecule has 3 fully saturated rings. The van der Waals surface area contributed by atoms with Gasteiger partial charge in [-0.25, -0.2) is 0 Å². The third-order valence-electron chi connectivity index (χ3n) is 5.82. The van der Waals surface area contributed by atoms with E-state index in [4.69, 9.17) is 4.74 Å². The Morgan fingerprint density at radius 2 is 2.05 bits per heavy atom. The quantitative estimate of drug-likeness (QED) is 0.787. The van der Waals surface area contributed by atoms with E-state index < -0.39 is 0 Å². The van der Waals surface area contributed by atoms with Crippen LogP contribution in [0.25, 0.3) is 0 Å². The van der Waals surface area contributed by atoms with Gasteiger partial charge in [0.15, 0.2) is 0 Å². The molecule has 3 rings (SSSR count). The van der Waals surface area contributed by atoms with Crippen LogP contribution in [0.3, 0.4) is 0 Å². The van der Waals surface area contributed by atoms with Crippen LogP contribution in [-0.4, -0.2) is 60.8 Å². The summed E-state index contributed by atoms with van der Waals surface area (Å²) in [6.45, 7) is 13.3. The van der Waals surface area contributed by atoms with Crippen molar-refractivity contribution in [2.45, 2.75) is 64.6 Å². The van der Waals surface area contributed by atoms with E-state index in [1.54, 1.807) is 0 Å². The fourth-order valence-electron chi connectivity index (χ4n) is 4.60. The van der Waals surface area contributed by atoms with Crippen LogP contribution < -0.4 is 0 Å². The molecule has 0 amide bonds. The molecule has 0 aromatic heterocycles. The first-order chi connectivity index (χ1) is 9.69. The average molecular weight is 280 g/mol. The second-order valence-corrected chi connectivity index (χ2v) is 7.42. The van der Waals surface area contributed by atoms with Gasteiger partial charge in [-0.2, -0.15) is 0 Å². The van der Waals surface area contributed by atoms with Crippen molar-refractivity contribution in [3.63, 3.8) is 0 Å². The van der Waals surface area contributed by atoms with Crippen molar-refractivity contribution in [1.82, 2.24) is 9.80 Å². The molecule has 3 heterocycles. The summed E-state index contributed by atoms with van der Waals surface area (Å²) < 4.78 is 5.90. The Balaban J connectivity index is 1.65. The molecule has 3 nitrogen and oxygen atoms in total. The molecule has 3 aliphatic rings. The predicted molar refractivity (Wildman–Crippen MR) is 82.9 cm³/mol. The second kappa shape index (κ2) is 6.33. The summed E-state index contributed by atoms with van der Waals surface area (Å²) in [6, 6.07) is 1.59. The third kappa shape index (κ3) is 2.90. The highest BCUT2D eigenvalue weighted by atomic mass is 16.5. The van der Waals surface area contributed by atoms with Crippen molar-refractivity contribution in [1.29, 1.82) is 0 Å². The van der Waals surface area contributed by atoms with Crippen LogP contribution in [0.2, 0.25) is 0 Å². The van der Waals surface area contributed by atoms with Crippen molar-refractivity contribution in [3.05, 3.63) is 0 Å². The van der Waals surface area contributed by atoms with E-state index >= 15 is 0 Å². The highest BCUT2D eigenvalue weighted by molar-refractivity contribution is 4.94. The van der Waals surface area contributed by atoms with Crippen LogP contribution in [0.1, 0.15) is 46.5 Å². The summed E-state index contributed by atoms with van der Waals surface area (Å²) in [5.74, 6) is 1.54. The van der Waals surface area contributed by atoms with E-state index in [1.807, 2.05) is 0 Å². The number of fused-ring (bicyclic) bond motifs is 1. The van der Waals surface area contributed by atoms with Gasteiger partial charge in [-0.05, 0) is 44.1 Å². The highest BCUT2D eigenvalue weighted by Gasteiger charge is 2.39. The number of hydrogen-bond donors (Lipinski definition) is 0. The molecule has 4 atom stereocenters. The van der Waals surface area contributed by atoms with Crippen LogP contribution in [0.4, 0.5) is 0 Å². The van der Waals surface area contributed by atoms with Crippen molar-refractivity contribution in [2.75, 3.05) is 32.8 Å². The summed E-state index contributed by atoms with van der Waals surface area (Å²) >= 11 is 0. The molecule has 4 unspecified atom stereocenters. The lowest BCUT2D eigenvalue weighted by Gasteiger charge is -2.46. The molecular weight excluding hydrogens is 248 g/mol. The van der Waals surface area contributed by atoms with Crippen LogP contribution in [0.15, 0.2) is 0 Å². The van der Waals surface area contributed by atoms with E-state index in [9.17, 15) is 0 Å². The van der Waals surface area contributed by atoms with Gasteiger partial charge in [0.1, 0.15) is 0 Å². The molecule has 20 heavy (non-hydrogen) atoms. The topological polar surface area (TPSA) is 15.7 Å². The van der Waals surface area contributed by atoms with Gasteiger partial charge in [0, 0.05) is 38.3 Å². The zero-order chi connectivity index (χ0) is 14.1. The molecule has 0 saturated carbocycles. The van der Waals surface area contributed by atoms with Gasteiger partial charge in [0.25, 0.3) is 0 Å². The fraction of sp³-hybridized carbons (Fsp3) is 1.00. The molecule has 0 spiro atoms. The largest absolute Gasteiger partial charge is 0.378 e. The predicted octanol–water partition coefficient (Wildman–Crippen LogP) is 2.61. The molecule has 0 N–H and O–H groups in total. The van der Waals surface area contributed by atoms with Gasteiger partial charge in [-0.15, -0.1) is 0 Å². The first-order valence-corrected chi connectivity index (χ1v) is 8.78. The number of hydrogen-bond acceptors (Lipinski definition) is 3. The zero-order valence-electron chi connectivity index (χ0n) is 13.6. The van der Waals surface area contributed by atoms with Crippen LogP contribution in [0, 0.1) is 11.8 Å². The van der Waals surface area contributed by atoms with Gasteiger partial charge in [-0.1, -0.05) is 20.8 Å². The summed E-state index contributed by atoms with van der Waals surface area (Å²) in [5, 5.41) is 0. The van der Waals surface area contributed by atoms with Gasteiger partial charge in [-0.3, -0.25) is 9.80 Å². The maximum absolute atomic E-state index is 5.90. The molecule has 116 valence electrons. The summed E-state index contributed by atoms with van der Waals surface area (Å²) in [4.78, 5) is 5.57. The number of piperazine rings is 1. The maximum Gasteiger partial charge on any atom is 0.0613 e. The number of nitrogens with zero attached hydrogens (tertiary/aromatic N) is 2. The Labute approximate surface area is 124 Å². The van der Waals surface area contributed by atoms with E-state index in [1.165, 1.54) is 51.9 Å². The molecule has 3 saturated heterocycles. The Bertz CT molecular complexity index is 320. The Morgan fingerprint density at radius 1 is 1.20 bits per heavy atom. The van der Waals surface area contributed by atoms with Gasteiger partial charge < -0.3 is 4.74 Å². The minimum absolute atomic E-state index is 0.518. The van der Waals surface area contributed by atoms with Gasteiger partial charge >= 0.3 is 0 Å². The third-order valence-corrected chi connectivity index (χ3v) is 5.82. The molecule has 0 radical (unpaired) electrons. The van der Waals surface area contributed by atoms with Crippen molar-refractivity contribution < 1.29 is 4.74 Å². The molecule has 0 aromatic carbocycles. The SMILES string of the molecule is CCC1OCCC1CN1CC2CCCN2CC1C(C)C. The first-order valence-electron chi connectivity index (χ1n) is 8.78. The normalized spacial score (nSPS) is 39.6. The lowest BCUT2D eigenvalue weighted by molar-refractivity contribution is 0.00632. The monoisotopic (exact) mass is 280 g/mol. The maximum atomic E-state index is 5.90. The number of ether oxygens (including phenoxy) is 1. The van der Waals surface area contributed by atoms with Crippen LogP contribution in [0.5, 0.6) is 0 Å². The fourth-order valence-corrected chi connectivity index (χ4v) is 4.60. The van der Waals surface area contributed by atoms with Crippen molar-refractivity contribution in [2.24, 2.45) is 11.8 Å². The molecule has 0 aliphatic carbocycles. The second-order valence-electron chi connectivity index (χ2n) is 7.42. The van der Waals surface area contributed by atoms with E-state index in [0.717, 1.165) is 30.5 Å². The Hall–Kier alpha value is -0.120. The number of rotatable bonds is 4. The van der Waals surface area contributed by atoms with Crippen LogP contribution >= 0.6 is 0 Å². The van der Waals surface area contributed by atoms with Crippen molar-refractivity contribution in [3.8, 4) is 0 Å². The lowest BCUT2D eigenvalue weighted by Crippen LogP contribution is -2.58. The van der Waals surface area contributed by atoms with Gasteiger partial charge in [0.2, 0.25) is 0 Å². The molecule has 0 bridgehead atoms. The highest BCUT2D eigenvalue weighted by Crippen LogP contribution is 2.31. The van der Waals surface area contributed by atoms with E-state index in [0.29, 0.717) is 6.10 Å². The van der Waals surface area contributed by atoms with Crippen molar-refractivity contribution >= 4 is 0 Å². The minimum atomic E-state index is 0.518. The van der Waals surface area contributed by atoms with Crippen LogP contribution in [-0.2, 0) is 4.74 Å². The Kier molecular flexibility index (Phi) is 4.68. The van der Waals surface area contributed by atoms with E-state index in [-0.39, 0.29) is 0 Å². The van der Waals surface area contributed by atoms with Gasteiger partial charge in [0.05, 0.1) is 6.10 Å². The van der Waals surface area contributed by atoms with E-state index in [2.05, 4.69) is 30.6 Å².